The van der Waals surface area contributed by atoms with Crippen LogP contribution in [0.5, 0.6) is 0 Å². The molecule has 0 radical (unpaired) electrons. The third-order valence-corrected chi connectivity index (χ3v) is 2.88. The van der Waals surface area contributed by atoms with Crippen LogP contribution in [0.1, 0.15) is 24.8 Å². The van der Waals surface area contributed by atoms with Crippen molar-refractivity contribution in [3.63, 3.8) is 0 Å². The molecule has 0 aliphatic rings. The number of hydrogen-bond donors (Lipinski definition) is 1. The van der Waals surface area contributed by atoms with E-state index in [-0.39, 0.29) is 0 Å². The summed E-state index contributed by atoms with van der Waals surface area (Å²) in [7, 11) is 0. The SMILES string of the molecule is CCCNc1ccc(Cl)c(COCc2ccco2)n1. The summed E-state index contributed by atoms with van der Waals surface area (Å²) >= 11 is 6.10. The van der Waals surface area contributed by atoms with Gasteiger partial charge in [-0.1, -0.05) is 18.5 Å². The third-order valence-electron chi connectivity index (χ3n) is 2.54. The first kappa shape index (κ1) is 13.9. The zero-order valence-electron chi connectivity index (χ0n) is 10.9. The average Bonchev–Trinajstić information content (AvgIpc) is 2.92. The van der Waals surface area contributed by atoms with E-state index in [9.17, 15) is 0 Å². The predicted octanol–water partition coefficient (Wildman–Crippen LogP) is 3.87. The maximum absolute atomic E-state index is 6.10. The molecule has 0 amide bonds. The number of rotatable bonds is 7. The largest absolute Gasteiger partial charge is 0.467 e. The number of pyridine rings is 1. The zero-order chi connectivity index (χ0) is 13.5. The van der Waals surface area contributed by atoms with Crippen LogP contribution in [0.15, 0.2) is 34.9 Å². The Hall–Kier alpha value is -1.52. The minimum atomic E-state index is 0.362. The molecule has 0 aliphatic carbocycles. The standard InChI is InChI=1S/C14H17ClN2O2/c1-2-7-16-14-6-5-12(15)13(17-14)10-18-9-11-4-3-8-19-11/h3-6,8H,2,7,9-10H2,1H3,(H,16,17). The van der Waals surface area contributed by atoms with E-state index in [0.717, 1.165) is 30.2 Å². The van der Waals surface area contributed by atoms with Crippen LogP contribution in [0, 0.1) is 0 Å². The summed E-state index contributed by atoms with van der Waals surface area (Å²) in [5.41, 5.74) is 0.731. The van der Waals surface area contributed by atoms with Gasteiger partial charge in [0.2, 0.25) is 0 Å². The summed E-state index contributed by atoms with van der Waals surface area (Å²) in [6.07, 6.45) is 2.67. The normalized spacial score (nSPS) is 10.6. The van der Waals surface area contributed by atoms with Crippen LogP contribution in [0.2, 0.25) is 5.02 Å². The van der Waals surface area contributed by atoms with Crippen molar-refractivity contribution in [3.05, 3.63) is 47.0 Å². The fourth-order valence-electron chi connectivity index (χ4n) is 1.58. The second-order valence-electron chi connectivity index (χ2n) is 4.12. The molecule has 0 saturated heterocycles. The summed E-state index contributed by atoms with van der Waals surface area (Å²) in [4.78, 5) is 4.43. The number of hydrogen-bond acceptors (Lipinski definition) is 4. The number of nitrogens with zero attached hydrogens (tertiary/aromatic N) is 1. The molecule has 0 spiro atoms. The third kappa shape index (κ3) is 4.26. The summed E-state index contributed by atoms with van der Waals surface area (Å²) in [6.45, 7) is 3.77. The fraction of sp³-hybridized carbons (Fsp3) is 0.357. The fourth-order valence-corrected chi connectivity index (χ4v) is 1.74. The van der Waals surface area contributed by atoms with E-state index in [0.29, 0.717) is 18.2 Å². The molecule has 1 N–H and O–H groups in total. The van der Waals surface area contributed by atoms with Crippen LogP contribution in [-0.4, -0.2) is 11.5 Å². The highest BCUT2D eigenvalue weighted by molar-refractivity contribution is 6.31. The van der Waals surface area contributed by atoms with E-state index in [4.69, 9.17) is 20.8 Å². The highest BCUT2D eigenvalue weighted by Crippen LogP contribution is 2.18. The Morgan fingerprint density at radius 2 is 2.21 bits per heavy atom. The van der Waals surface area contributed by atoms with E-state index in [1.165, 1.54) is 0 Å². The molecule has 0 saturated carbocycles. The molecule has 2 heterocycles. The monoisotopic (exact) mass is 280 g/mol. The van der Waals surface area contributed by atoms with E-state index in [1.54, 1.807) is 6.26 Å². The Balaban J connectivity index is 1.90. The molecule has 4 nitrogen and oxygen atoms in total. The Labute approximate surface area is 117 Å². The molecule has 2 rings (SSSR count). The molecule has 19 heavy (non-hydrogen) atoms. The minimum Gasteiger partial charge on any atom is -0.467 e. The van der Waals surface area contributed by atoms with Crippen molar-refractivity contribution in [1.29, 1.82) is 0 Å². The molecule has 0 aliphatic heterocycles. The van der Waals surface area contributed by atoms with Crippen LogP contribution < -0.4 is 5.32 Å². The van der Waals surface area contributed by atoms with E-state index in [1.807, 2.05) is 24.3 Å². The van der Waals surface area contributed by atoms with Crippen LogP contribution in [0.3, 0.4) is 0 Å². The van der Waals surface area contributed by atoms with E-state index < -0.39 is 0 Å². The Morgan fingerprint density at radius 3 is 2.95 bits per heavy atom. The van der Waals surface area contributed by atoms with Gasteiger partial charge in [0.1, 0.15) is 18.2 Å². The molecular weight excluding hydrogens is 264 g/mol. The van der Waals surface area contributed by atoms with Gasteiger partial charge in [0, 0.05) is 6.54 Å². The second kappa shape index (κ2) is 7.16. The molecule has 0 unspecified atom stereocenters. The molecular formula is C14H17ClN2O2. The summed E-state index contributed by atoms with van der Waals surface area (Å²) in [5.74, 6) is 1.61. The van der Waals surface area contributed by atoms with Crippen molar-refractivity contribution in [3.8, 4) is 0 Å². The van der Waals surface area contributed by atoms with Gasteiger partial charge in [-0.05, 0) is 30.7 Å². The number of aromatic nitrogens is 1. The van der Waals surface area contributed by atoms with Gasteiger partial charge in [-0.15, -0.1) is 0 Å². The van der Waals surface area contributed by atoms with Gasteiger partial charge < -0.3 is 14.5 Å². The first-order valence-corrected chi connectivity index (χ1v) is 6.67. The predicted molar refractivity (Wildman–Crippen MR) is 75.2 cm³/mol. The Kier molecular flexibility index (Phi) is 5.24. The van der Waals surface area contributed by atoms with Crippen LogP contribution in [0.4, 0.5) is 5.82 Å². The molecule has 0 bridgehead atoms. The van der Waals surface area contributed by atoms with E-state index in [2.05, 4.69) is 17.2 Å². The van der Waals surface area contributed by atoms with Crippen molar-refractivity contribution < 1.29 is 9.15 Å². The van der Waals surface area contributed by atoms with Crippen molar-refractivity contribution >= 4 is 17.4 Å². The number of nitrogens with one attached hydrogen (secondary N) is 1. The lowest BCUT2D eigenvalue weighted by molar-refractivity contribution is 0.0908. The van der Waals surface area contributed by atoms with Gasteiger partial charge in [-0.3, -0.25) is 0 Å². The lowest BCUT2D eigenvalue weighted by Crippen LogP contribution is -2.04. The highest BCUT2D eigenvalue weighted by Gasteiger charge is 2.05. The summed E-state index contributed by atoms with van der Waals surface area (Å²) < 4.78 is 10.7. The van der Waals surface area contributed by atoms with E-state index >= 15 is 0 Å². The van der Waals surface area contributed by atoms with Gasteiger partial charge >= 0.3 is 0 Å². The topological polar surface area (TPSA) is 47.3 Å². The lowest BCUT2D eigenvalue weighted by Gasteiger charge is -2.08. The van der Waals surface area contributed by atoms with Gasteiger partial charge in [-0.25, -0.2) is 4.98 Å². The van der Waals surface area contributed by atoms with Crippen molar-refractivity contribution in [2.75, 3.05) is 11.9 Å². The quantitative estimate of drug-likeness (QED) is 0.836. The number of anilines is 1. The van der Waals surface area contributed by atoms with Crippen LogP contribution >= 0.6 is 11.6 Å². The molecule has 5 heteroatoms. The lowest BCUT2D eigenvalue weighted by atomic mass is 10.3. The van der Waals surface area contributed by atoms with Gasteiger partial charge in [-0.2, -0.15) is 0 Å². The van der Waals surface area contributed by atoms with Crippen molar-refractivity contribution in [2.45, 2.75) is 26.6 Å². The Morgan fingerprint density at radius 1 is 1.32 bits per heavy atom. The van der Waals surface area contributed by atoms with Crippen molar-refractivity contribution in [1.82, 2.24) is 4.98 Å². The van der Waals surface area contributed by atoms with Crippen molar-refractivity contribution in [2.24, 2.45) is 0 Å². The minimum absolute atomic E-state index is 0.362. The smallest absolute Gasteiger partial charge is 0.129 e. The molecule has 102 valence electrons. The van der Waals surface area contributed by atoms with Gasteiger partial charge in [0.15, 0.2) is 0 Å². The van der Waals surface area contributed by atoms with Crippen LogP contribution in [0.25, 0.3) is 0 Å². The van der Waals surface area contributed by atoms with Gasteiger partial charge in [0.25, 0.3) is 0 Å². The molecule has 2 aromatic rings. The maximum atomic E-state index is 6.10. The molecule has 2 aromatic heterocycles. The molecule has 0 aromatic carbocycles. The van der Waals surface area contributed by atoms with Gasteiger partial charge in [0.05, 0.1) is 23.6 Å². The highest BCUT2D eigenvalue weighted by atomic mass is 35.5. The zero-order valence-corrected chi connectivity index (χ0v) is 11.6. The number of halogens is 1. The average molecular weight is 281 g/mol. The first-order valence-electron chi connectivity index (χ1n) is 6.29. The second-order valence-corrected chi connectivity index (χ2v) is 4.53. The first-order chi connectivity index (χ1) is 9.29. The summed E-state index contributed by atoms with van der Waals surface area (Å²) in [5, 5.41) is 3.83. The molecule has 0 fully saturated rings. The molecule has 0 atom stereocenters. The van der Waals surface area contributed by atoms with Crippen LogP contribution in [-0.2, 0) is 18.0 Å². The maximum Gasteiger partial charge on any atom is 0.129 e. The number of ether oxygens (including phenoxy) is 1. The summed E-state index contributed by atoms with van der Waals surface area (Å²) in [6, 6.07) is 7.40. The Bertz CT molecular complexity index is 500. The number of furan rings is 1.